The molecule has 1 aromatic rings. The van der Waals surface area contributed by atoms with Gasteiger partial charge in [-0.2, -0.15) is 0 Å². The van der Waals surface area contributed by atoms with Gasteiger partial charge in [-0.3, -0.25) is 9.78 Å². The maximum absolute atomic E-state index is 11.1. The van der Waals surface area contributed by atoms with Crippen molar-refractivity contribution in [2.45, 2.75) is 20.3 Å². The van der Waals surface area contributed by atoms with Crippen molar-refractivity contribution in [3.05, 3.63) is 20.8 Å². The molecule has 0 bridgehead atoms. The molecule has 0 aliphatic carbocycles. The molecule has 0 amide bonds. The number of aromatic amines is 2. The minimum atomic E-state index is -0.593. The van der Waals surface area contributed by atoms with Crippen LogP contribution in [0.5, 0.6) is 0 Å². The van der Waals surface area contributed by atoms with Crippen molar-refractivity contribution in [1.82, 2.24) is 15.2 Å². The number of anilines is 1. The number of H-pyrrole nitrogens is 2. The Bertz CT molecular complexity index is 393. The van der Waals surface area contributed by atoms with Crippen LogP contribution in [0.25, 0.3) is 0 Å². The van der Waals surface area contributed by atoms with Crippen molar-refractivity contribution in [1.29, 1.82) is 0 Å². The van der Waals surface area contributed by atoms with Crippen molar-refractivity contribution in [3.63, 3.8) is 0 Å². The highest BCUT2D eigenvalue weighted by Gasteiger charge is 2.00. The number of nitrogens with zero attached hydrogens (tertiary/aromatic N) is 1. The summed E-state index contributed by atoms with van der Waals surface area (Å²) in [6.07, 6.45) is 0.945. The molecular weight excluding hydrogens is 184 g/mol. The Balaban J connectivity index is 2.60. The summed E-state index contributed by atoms with van der Waals surface area (Å²) in [7, 11) is 0. The number of nitrogens with one attached hydrogen (secondary N) is 3. The Morgan fingerprint density at radius 2 is 2.14 bits per heavy atom. The van der Waals surface area contributed by atoms with Crippen LogP contribution in [0.2, 0.25) is 0 Å². The monoisotopic (exact) mass is 198 g/mol. The first-order chi connectivity index (χ1) is 6.59. The zero-order chi connectivity index (χ0) is 10.6. The summed E-state index contributed by atoms with van der Waals surface area (Å²) in [4.78, 5) is 23.8. The second-order valence-electron chi connectivity index (χ2n) is 3.46. The SMILES string of the molecule is CC(C)CCNc1n[nH]c(=O)[nH]c1=O. The van der Waals surface area contributed by atoms with Gasteiger partial charge in [-0.05, 0) is 12.3 Å². The first kappa shape index (κ1) is 10.5. The maximum atomic E-state index is 11.1. The molecule has 0 radical (unpaired) electrons. The lowest BCUT2D eigenvalue weighted by atomic mass is 10.1. The third kappa shape index (κ3) is 3.04. The molecule has 0 saturated heterocycles. The van der Waals surface area contributed by atoms with Crippen molar-refractivity contribution >= 4 is 5.82 Å². The van der Waals surface area contributed by atoms with Gasteiger partial charge in [0.25, 0.3) is 5.56 Å². The minimum absolute atomic E-state index is 0.158. The van der Waals surface area contributed by atoms with Gasteiger partial charge in [0.1, 0.15) is 0 Å². The fourth-order valence-corrected chi connectivity index (χ4v) is 0.947. The molecule has 6 nitrogen and oxygen atoms in total. The molecule has 0 aliphatic heterocycles. The van der Waals surface area contributed by atoms with E-state index in [1.807, 2.05) is 0 Å². The van der Waals surface area contributed by atoms with E-state index in [0.717, 1.165) is 6.42 Å². The van der Waals surface area contributed by atoms with Gasteiger partial charge in [0.05, 0.1) is 0 Å². The van der Waals surface area contributed by atoms with Crippen molar-refractivity contribution in [2.24, 2.45) is 5.92 Å². The predicted octanol–water partition coefficient (Wildman–Crippen LogP) is -0.0838. The van der Waals surface area contributed by atoms with Gasteiger partial charge < -0.3 is 5.32 Å². The van der Waals surface area contributed by atoms with E-state index >= 15 is 0 Å². The highest BCUT2D eigenvalue weighted by Crippen LogP contribution is 1.98. The summed E-state index contributed by atoms with van der Waals surface area (Å²) in [5, 5.41) is 8.58. The molecule has 0 spiro atoms. The number of hydrogen-bond acceptors (Lipinski definition) is 4. The molecule has 1 aromatic heterocycles. The Morgan fingerprint density at radius 3 is 2.71 bits per heavy atom. The predicted molar refractivity (Wildman–Crippen MR) is 53.4 cm³/mol. The summed E-state index contributed by atoms with van der Waals surface area (Å²) in [5.74, 6) is 0.717. The summed E-state index contributed by atoms with van der Waals surface area (Å²) in [5.41, 5.74) is -1.08. The van der Waals surface area contributed by atoms with Crippen LogP contribution in [0.15, 0.2) is 9.59 Å². The van der Waals surface area contributed by atoms with E-state index in [1.54, 1.807) is 0 Å². The van der Waals surface area contributed by atoms with Crippen LogP contribution >= 0.6 is 0 Å². The van der Waals surface area contributed by atoms with Crippen molar-refractivity contribution in [2.75, 3.05) is 11.9 Å². The number of hydrogen-bond donors (Lipinski definition) is 3. The van der Waals surface area contributed by atoms with Crippen LogP contribution in [-0.2, 0) is 0 Å². The summed E-state index contributed by atoms with van der Waals surface area (Å²) in [6, 6.07) is 0. The second-order valence-corrected chi connectivity index (χ2v) is 3.46. The second kappa shape index (κ2) is 4.59. The Morgan fingerprint density at radius 1 is 1.43 bits per heavy atom. The number of aromatic nitrogens is 3. The molecule has 0 fully saturated rings. The third-order valence-corrected chi connectivity index (χ3v) is 1.73. The molecule has 78 valence electrons. The molecule has 1 heterocycles. The Hall–Kier alpha value is -1.59. The fourth-order valence-electron chi connectivity index (χ4n) is 0.947. The van der Waals surface area contributed by atoms with Gasteiger partial charge in [-0.1, -0.05) is 13.8 Å². The maximum Gasteiger partial charge on any atom is 0.342 e. The van der Waals surface area contributed by atoms with Crippen LogP contribution in [0.4, 0.5) is 5.82 Å². The summed E-state index contributed by atoms with van der Waals surface area (Å²) >= 11 is 0. The topological polar surface area (TPSA) is 90.6 Å². The smallest absolute Gasteiger partial charge is 0.342 e. The highest BCUT2D eigenvalue weighted by molar-refractivity contribution is 5.28. The van der Waals surface area contributed by atoms with Crippen LogP contribution in [0.3, 0.4) is 0 Å². The van der Waals surface area contributed by atoms with E-state index < -0.39 is 11.2 Å². The third-order valence-electron chi connectivity index (χ3n) is 1.73. The molecule has 1 rings (SSSR count). The summed E-state index contributed by atoms with van der Waals surface area (Å²) < 4.78 is 0. The van der Waals surface area contributed by atoms with Crippen LogP contribution in [0.1, 0.15) is 20.3 Å². The lowest BCUT2D eigenvalue weighted by Crippen LogP contribution is -2.27. The van der Waals surface area contributed by atoms with Gasteiger partial charge in [0, 0.05) is 6.54 Å². The standard InChI is InChI=1S/C8H14N4O2/c1-5(2)3-4-9-6-7(13)10-8(14)12-11-6/h5H,3-4H2,1-2H3,(H,9,11)(H2,10,12,13,14). The molecule has 0 unspecified atom stereocenters. The quantitative estimate of drug-likeness (QED) is 0.631. The molecule has 0 aromatic carbocycles. The van der Waals surface area contributed by atoms with Gasteiger partial charge in [-0.15, -0.1) is 5.10 Å². The van der Waals surface area contributed by atoms with E-state index in [1.165, 1.54) is 0 Å². The van der Waals surface area contributed by atoms with Crippen LogP contribution < -0.4 is 16.6 Å². The lowest BCUT2D eigenvalue weighted by Gasteiger charge is -2.05. The average Bonchev–Trinajstić information content (AvgIpc) is 2.08. The van der Waals surface area contributed by atoms with Gasteiger partial charge in [-0.25, -0.2) is 9.89 Å². The summed E-state index contributed by atoms with van der Waals surface area (Å²) in [6.45, 7) is 4.85. The van der Waals surface area contributed by atoms with Crippen LogP contribution in [-0.4, -0.2) is 21.7 Å². The largest absolute Gasteiger partial charge is 0.364 e. The minimum Gasteiger partial charge on any atom is -0.364 e. The molecule has 14 heavy (non-hydrogen) atoms. The molecular formula is C8H14N4O2. The normalized spacial score (nSPS) is 10.5. The first-order valence-corrected chi connectivity index (χ1v) is 4.52. The lowest BCUT2D eigenvalue weighted by molar-refractivity contribution is 0.605. The molecule has 0 aliphatic rings. The van der Waals surface area contributed by atoms with Gasteiger partial charge >= 0.3 is 5.69 Å². The first-order valence-electron chi connectivity index (χ1n) is 4.52. The molecule has 6 heteroatoms. The van der Waals surface area contributed by atoms with E-state index in [2.05, 4.69) is 34.3 Å². The van der Waals surface area contributed by atoms with E-state index in [-0.39, 0.29) is 5.82 Å². The van der Waals surface area contributed by atoms with Crippen molar-refractivity contribution in [3.8, 4) is 0 Å². The average molecular weight is 198 g/mol. The molecule has 3 N–H and O–H groups in total. The van der Waals surface area contributed by atoms with Crippen LogP contribution in [0, 0.1) is 5.92 Å². The van der Waals surface area contributed by atoms with E-state index in [9.17, 15) is 9.59 Å². The number of rotatable bonds is 4. The van der Waals surface area contributed by atoms with E-state index in [0.29, 0.717) is 12.5 Å². The molecule has 0 atom stereocenters. The Labute approximate surface area is 80.8 Å². The highest BCUT2D eigenvalue weighted by atomic mass is 16.2. The fraction of sp³-hybridized carbons (Fsp3) is 0.625. The zero-order valence-corrected chi connectivity index (χ0v) is 8.26. The molecule has 0 saturated carbocycles. The Kier molecular flexibility index (Phi) is 3.44. The van der Waals surface area contributed by atoms with Gasteiger partial charge in [0.15, 0.2) is 0 Å². The zero-order valence-electron chi connectivity index (χ0n) is 8.26. The van der Waals surface area contributed by atoms with Gasteiger partial charge in [0.2, 0.25) is 5.82 Å². The van der Waals surface area contributed by atoms with E-state index in [4.69, 9.17) is 0 Å². The van der Waals surface area contributed by atoms with Crippen molar-refractivity contribution < 1.29 is 0 Å².